The number of nitrogens with two attached hydrogens (primary N) is 1. The minimum Gasteiger partial charge on any atom is -0.471 e. The monoisotopic (exact) mass is 531 g/mol. The van der Waals surface area contributed by atoms with Gasteiger partial charge in [-0.05, 0) is 61.9 Å². The fourth-order valence-corrected chi connectivity index (χ4v) is 4.53. The molecule has 1 atom stereocenters. The predicted octanol–water partition coefficient (Wildman–Crippen LogP) is 3.76. The number of anilines is 1. The molecule has 1 aromatic heterocycles. The second-order valence-corrected chi connectivity index (χ2v) is 9.12. The molecule has 1 saturated heterocycles. The summed E-state index contributed by atoms with van der Waals surface area (Å²) < 4.78 is 37.5. The van der Waals surface area contributed by atoms with Crippen molar-refractivity contribution in [2.45, 2.75) is 32.3 Å². The number of halogens is 3. The number of carbonyl (C=O) groups is 2. The van der Waals surface area contributed by atoms with Crippen LogP contribution in [0.2, 0.25) is 0 Å². The fourth-order valence-electron chi connectivity index (χ4n) is 3.40. The Labute approximate surface area is 196 Å². The van der Waals surface area contributed by atoms with Gasteiger partial charge in [0.25, 0.3) is 5.91 Å². The van der Waals surface area contributed by atoms with E-state index in [0.717, 1.165) is 56.0 Å². The maximum atomic E-state index is 14.0. The first-order valence-corrected chi connectivity index (χ1v) is 11.7. The molecule has 1 fully saturated rings. The van der Waals surface area contributed by atoms with Gasteiger partial charge in [0.15, 0.2) is 0 Å². The molecule has 3 rings (SSSR count). The number of ether oxygens (including phenoxy) is 1. The van der Waals surface area contributed by atoms with E-state index in [0.29, 0.717) is 12.5 Å². The molecule has 1 aromatic carbocycles. The largest absolute Gasteiger partial charge is 0.471 e. The number of unbranched alkanes of at least 4 members (excludes halogenated alkanes) is 1. The lowest BCUT2D eigenvalue weighted by Crippen LogP contribution is -2.30. The molecule has 32 heavy (non-hydrogen) atoms. The van der Waals surface area contributed by atoms with Gasteiger partial charge in [0, 0.05) is 11.0 Å². The Hall–Kier alpha value is -2.31. The number of urea groups is 1. The molecule has 1 unspecified atom stereocenters. The number of benzene rings is 1. The van der Waals surface area contributed by atoms with E-state index in [1.54, 1.807) is 0 Å². The van der Waals surface area contributed by atoms with Gasteiger partial charge in [-0.3, -0.25) is 10.1 Å². The standard InChI is InChI=1S/C20H24BrF2N5O3S/c21-12-7-14(22)13(15(23)8-12)10-31-18-16(17(24)29)19(32-28-18)27-20(30)26-5-2-1-3-11-4-6-25-9-11/h7-8,11,25H,1-6,9-10H2,(H2,24,29)(H2,26,27,30). The molecule has 5 N–H and O–H groups in total. The van der Waals surface area contributed by atoms with Crippen molar-refractivity contribution in [3.8, 4) is 5.88 Å². The van der Waals surface area contributed by atoms with E-state index in [2.05, 4.69) is 36.3 Å². The summed E-state index contributed by atoms with van der Waals surface area (Å²) in [4.78, 5) is 24.0. The Morgan fingerprint density at radius 2 is 2.06 bits per heavy atom. The maximum Gasteiger partial charge on any atom is 0.319 e. The Morgan fingerprint density at radius 3 is 2.72 bits per heavy atom. The van der Waals surface area contributed by atoms with Crippen molar-refractivity contribution in [1.82, 2.24) is 15.0 Å². The molecule has 3 amide bonds. The Balaban J connectivity index is 1.52. The van der Waals surface area contributed by atoms with Crippen molar-refractivity contribution in [2.75, 3.05) is 25.0 Å². The predicted molar refractivity (Wildman–Crippen MR) is 121 cm³/mol. The lowest BCUT2D eigenvalue weighted by Gasteiger charge is -2.10. The second kappa shape index (κ2) is 11.5. The lowest BCUT2D eigenvalue weighted by atomic mass is 10.0. The van der Waals surface area contributed by atoms with E-state index in [1.165, 1.54) is 6.42 Å². The summed E-state index contributed by atoms with van der Waals surface area (Å²) in [6, 6.07) is 1.69. The highest BCUT2D eigenvalue weighted by atomic mass is 79.9. The number of amides is 3. The minimum absolute atomic E-state index is 0.0961. The first-order valence-electron chi connectivity index (χ1n) is 10.2. The number of primary amides is 1. The van der Waals surface area contributed by atoms with Gasteiger partial charge in [0.2, 0.25) is 5.88 Å². The summed E-state index contributed by atoms with van der Waals surface area (Å²) in [7, 11) is 0. The Kier molecular flexibility index (Phi) is 8.76. The SMILES string of the molecule is NC(=O)c1c(OCc2c(F)cc(Br)cc2F)nsc1NC(=O)NCCCCC1CCNC1. The number of carbonyl (C=O) groups excluding carboxylic acids is 2. The van der Waals surface area contributed by atoms with Gasteiger partial charge in [0.1, 0.15) is 28.8 Å². The number of aromatic nitrogens is 1. The van der Waals surface area contributed by atoms with Crippen molar-refractivity contribution in [2.24, 2.45) is 11.7 Å². The topological polar surface area (TPSA) is 118 Å². The molecule has 0 saturated carbocycles. The molecular formula is C20H24BrF2N5O3S. The second-order valence-electron chi connectivity index (χ2n) is 7.43. The van der Waals surface area contributed by atoms with Crippen LogP contribution < -0.4 is 26.4 Å². The zero-order chi connectivity index (χ0) is 23.1. The van der Waals surface area contributed by atoms with Crippen LogP contribution in [0, 0.1) is 17.6 Å². The summed E-state index contributed by atoms with van der Waals surface area (Å²) in [5.74, 6) is -2.00. The number of hydrogen-bond donors (Lipinski definition) is 4. The van der Waals surface area contributed by atoms with Crippen molar-refractivity contribution in [3.63, 3.8) is 0 Å². The number of nitrogens with zero attached hydrogens (tertiary/aromatic N) is 1. The molecule has 174 valence electrons. The minimum atomic E-state index is -0.883. The van der Waals surface area contributed by atoms with E-state index < -0.39 is 30.2 Å². The van der Waals surface area contributed by atoms with E-state index in [9.17, 15) is 18.4 Å². The summed E-state index contributed by atoms with van der Waals surface area (Å²) in [6.45, 7) is 2.11. The highest BCUT2D eigenvalue weighted by Gasteiger charge is 2.23. The van der Waals surface area contributed by atoms with Crippen LogP contribution in [-0.4, -0.2) is 35.9 Å². The van der Waals surface area contributed by atoms with Crippen LogP contribution in [0.3, 0.4) is 0 Å². The first-order chi connectivity index (χ1) is 15.3. The Morgan fingerprint density at radius 1 is 1.31 bits per heavy atom. The van der Waals surface area contributed by atoms with E-state index in [-0.39, 0.29) is 26.5 Å². The third kappa shape index (κ3) is 6.59. The van der Waals surface area contributed by atoms with Crippen molar-refractivity contribution in [3.05, 3.63) is 39.4 Å². The quantitative estimate of drug-likeness (QED) is 0.348. The third-order valence-electron chi connectivity index (χ3n) is 5.08. The number of hydrogen-bond acceptors (Lipinski definition) is 6. The van der Waals surface area contributed by atoms with Crippen LogP contribution in [0.15, 0.2) is 16.6 Å². The van der Waals surface area contributed by atoms with Crippen molar-refractivity contribution >= 4 is 44.4 Å². The van der Waals surface area contributed by atoms with Gasteiger partial charge >= 0.3 is 6.03 Å². The molecule has 1 aliphatic heterocycles. The summed E-state index contributed by atoms with van der Waals surface area (Å²) in [5.41, 5.74) is 4.92. The van der Waals surface area contributed by atoms with Gasteiger partial charge in [-0.15, -0.1) is 0 Å². The van der Waals surface area contributed by atoms with E-state index in [4.69, 9.17) is 10.5 Å². The molecule has 2 heterocycles. The molecule has 2 aromatic rings. The maximum absolute atomic E-state index is 14.0. The van der Waals surface area contributed by atoms with Gasteiger partial charge in [0.05, 0.1) is 5.56 Å². The van der Waals surface area contributed by atoms with Crippen molar-refractivity contribution in [1.29, 1.82) is 0 Å². The van der Waals surface area contributed by atoms with Crippen LogP contribution in [0.4, 0.5) is 18.6 Å². The lowest BCUT2D eigenvalue weighted by molar-refractivity contribution is 0.0996. The van der Waals surface area contributed by atoms with Crippen LogP contribution in [0.25, 0.3) is 0 Å². The fraction of sp³-hybridized carbons (Fsp3) is 0.450. The average Bonchev–Trinajstić information content (AvgIpc) is 3.37. The highest BCUT2D eigenvalue weighted by molar-refractivity contribution is 9.10. The third-order valence-corrected chi connectivity index (χ3v) is 6.28. The molecule has 0 spiro atoms. The zero-order valence-electron chi connectivity index (χ0n) is 17.2. The normalized spacial score (nSPS) is 15.5. The van der Waals surface area contributed by atoms with Gasteiger partial charge in [-0.2, -0.15) is 4.37 Å². The van der Waals surface area contributed by atoms with Crippen LogP contribution in [-0.2, 0) is 6.61 Å². The van der Waals surface area contributed by atoms with Gasteiger partial charge < -0.3 is 21.1 Å². The average molecular weight is 532 g/mol. The van der Waals surface area contributed by atoms with Gasteiger partial charge in [-0.25, -0.2) is 13.6 Å². The van der Waals surface area contributed by atoms with E-state index >= 15 is 0 Å². The molecule has 0 aliphatic carbocycles. The molecule has 0 bridgehead atoms. The number of nitrogens with one attached hydrogen (secondary N) is 3. The molecular weight excluding hydrogens is 508 g/mol. The first kappa shape index (κ1) is 24.3. The summed E-state index contributed by atoms with van der Waals surface area (Å²) >= 11 is 3.79. The Bertz CT molecular complexity index is 946. The van der Waals surface area contributed by atoms with Crippen LogP contribution >= 0.6 is 27.5 Å². The van der Waals surface area contributed by atoms with Crippen LogP contribution in [0.5, 0.6) is 5.88 Å². The number of rotatable bonds is 10. The molecule has 1 aliphatic rings. The molecule has 12 heteroatoms. The van der Waals surface area contributed by atoms with Crippen LogP contribution in [0.1, 0.15) is 41.6 Å². The highest BCUT2D eigenvalue weighted by Crippen LogP contribution is 2.31. The van der Waals surface area contributed by atoms with E-state index in [1.807, 2.05) is 0 Å². The van der Waals surface area contributed by atoms with Crippen molar-refractivity contribution < 1.29 is 23.1 Å². The zero-order valence-corrected chi connectivity index (χ0v) is 19.6. The molecule has 8 nitrogen and oxygen atoms in total. The smallest absolute Gasteiger partial charge is 0.319 e. The van der Waals surface area contributed by atoms with Gasteiger partial charge in [-0.1, -0.05) is 22.4 Å². The summed E-state index contributed by atoms with van der Waals surface area (Å²) in [5, 5.41) is 8.69. The summed E-state index contributed by atoms with van der Waals surface area (Å²) in [6.07, 6.45) is 4.17. The molecule has 0 radical (unpaired) electrons.